The van der Waals surface area contributed by atoms with Crippen LogP contribution < -0.4 is 4.90 Å². The van der Waals surface area contributed by atoms with Gasteiger partial charge in [-0.15, -0.1) is 0 Å². The van der Waals surface area contributed by atoms with Crippen molar-refractivity contribution in [3.8, 4) is 0 Å². The maximum absolute atomic E-state index is 13.9. The Morgan fingerprint density at radius 3 is 2.67 bits per heavy atom. The fraction of sp³-hybridized carbons (Fsp3) is 0.269. The fourth-order valence-corrected chi connectivity index (χ4v) is 7.24. The van der Waals surface area contributed by atoms with Crippen LogP contribution >= 0.6 is 23.5 Å². The van der Waals surface area contributed by atoms with E-state index in [1.807, 2.05) is 54.4 Å². The highest BCUT2D eigenvalue weighted by Crippen LogP contribution is 2.50. The van der Waals surface area contributed by atoms with E-state index < -0.39 is 0 Å². The molecule has 2 fully saturated rings. The van der Waals surface area contributed by atoms with Crippen LogP contribution in [0.15, 0.2) is 80.6 Å². The molecule has 166 valence electrons. The molecule has 1 aliphatic carbocycles. The molecular weight excluding hydrogens is 448 g/mol. The molecule has 0 unspecified atom stereocenters. The van der Waals surface area contributed by atoms with E-state index >= 15 is 0 Å². The summed E-state index contributed by atoms with van der Waals surface area (Å²) in [5, 5.41) is 2.79. The van der Waals surface area contributed by atoms with Crippen LogP contribution in [-0.4, -0.2) is 34.0 Å². The minimum atomic E-state index is 0.0890. The third kappa shape index (κ3) is 3.63. The number of para-hydroxylation sites is 1. The van der Waals surface area contributed by atoms with Crippen molar-refractivity contribution in [3.63, 3.8) is 0 Å². The normalized spacial score (nSPS) is 22.6. The highest BCUT2D eigenvalue weighted by atomic mass is 32.2. The van der Waals surface area contributed by atoms with Crippen LogP contribution in [0, 0.1) is 0 Å². The zero-order valence-electron chi connectivity index (χ0n) is 18.4. The first-order valence-corrected chi connectivity index (χ1v) is 13.0. The predicted octanol–water partition coefficient (Wildman–Crippen LogP) is 6.54. The van der Waals surface area contributed by atoms with E-state index in [9.17, 15) is 4.79 Å². The van der Waals surface area contributed by atoms with E-state index in [0.717, 1.165) is 63.1 Å². The Hall–Kier alpha value is -2.77. The van der Waals surface area contributed by atoms with E-state index in [-0.39, 0.29) is 11.9 Å². The number of thioether (sulfide) groups is 2. The number of fused-ring (bicyclic) bond motifs is 2. The second-order valence-corrected chi connectivity index (χ2v) is 10.6. The number of hydrogen-bond acceptors (Lipinski definition) is 6. The lowest BCUT2D eigenvalue weighted by Crippen LogP contribution is -2.40. The summed E-state index contributed by atoms with van der Waals surface area (Å²) in [5.41, 5.74) is 2.92. The van der Waals surface area contributed by atoms with Gasteiger partial charge in [0.2, 0.25) is 0 Å². The number of aromatic nitrogens is 1. The van der Waals surface area contributed by atoms with Crippen molar-refractivity contribution >= 4 is 56.9 Å². The number of carbonyl (C=O) groups excluding carboxylic acids is 1. The lowest BCUT2D eigenvalue weighted by molar-refractivity contribution is -0.124. The second kappa shape index (κ2) is 8.54. The molecule has 33 heavy (non-hydrogen) atoms. The number of carbonyl (C=O) groups is 1. The van der Waals surface area contributed by atoms with Crippen molar-refractivity contribution in [2.45, 2.75) is 43.0 Å². The number of pyridine rings is 1. The predicted molar refractivity (Wildman–Crippen MR) is 138 cm³/mol. The average Bonchev–Trinajstić information content (AvgIpc) is 3.36. The third-order valence-electron chi connectivity index (χ3n) is 6.52. The minimum absolute atomic E-state index is 0.0890. The Kier molecular flexibility index (Phi) is 5.38. The van der Waals surface area contributed by atoms with Gasteiger partial charge in [0.05, 0.1) is 21.9 Å². The Morgan fingerprint density at radius 2 is 1.82 bits per heavy atom. The molecule has 1 amide bonds. The van der Waals surface area contributed by atoms with Crippen molar-refractivity contribution in [1.82, 2.24) is 9.88 Å². The largest absolute Gasteiger partial charge is 0.337 e. The molecule has 7 heteroatoms. The van der Waals surface area contributed by atoms with Gasteiger partial charge >= 0.3 is 0 Å². The molecule has 1 aromatic heterocycles. The molecule has 0 bridgehead atoms. The maximum atomic E-state index is 13.9. The number of hydrogen-bond donors (Lipinski definition) is 0. The van der Waals surface area contributed by atoms with Crippen LogP contribution in [0.2, 0.25) is 0 Å². The quantitative estimate of drug-likeness (QED) is 0.396. The summed E-state index contributed by atoms with van der Waals surface area (Å²) in [7, 11) is 2.05. The van der Waals surface area contributed by atoms with E-state index in [1.54, 1.807) is 18.0 Å². The van der Waals surface area contributed by atoms with Crippen molar-refractivity contribution in [2.24, 2.45) is 4.99 Å². The van der Waals surface area contributed by atoms with Crippen molar-refractivity contribution in [2.75, 3.05) is 11.9 Å². The molecular formula is C26H24N4OS2. The highest BCUT2D eigenvalue weighted by molar-refractivity contribution is 8.19. The topological polar surface area (TPSA) is 48.8 Å². The first-order valence-electron chi connectivity index (χ1n) is 11.4. The van der Waals surface area contributed by atoms with Gasteiger partial charge in [-0.05, 0) is 61.0 Å². The molecule has 3 aliphatic rings. The van der Waals surface area contributed by atoms with Crippen LogP contribution in [-0.2, 0) is 4.79 Å². The van der Waals surface area contributed by atoms with Gasteiger partial charge in [0.1, 0.15) is 4.91 Å². The van der Waals surface area contributed by atoms with Crippen molar-refractivity contribution in [3.05, 3.63) is 70.7 Å². The molecule has 1 saturated carbocycles. The van der Waals surface area contributed by atoms with E-state index in [1.165, 1.54) is 23.1 Å². The Labute approximate surface area is 202 Å². The van der Waals surface area contributed by atoms with Gasteiger partial charge in [-0.25, -0.2) is 4.99 Å². The average molecular weight is 473 g/mol. The smallest absolute Gasteiger partial charge is 0.269 e. The number of amidine groups is 1. The zero-order chi connectivity index (χ0) is 22.4. The first kappa shape index (κ1) is 20.8. The highest BCUT2D eigenvalue weighted by Gasteiger charge is 2.42. The van der Waals surface area contributed by atoms with E-state index in [2.05, 4.69) is 22.0 Å². The molecule has 0 spiro atoms. The summed E-state index contributed by atoms with van der Waals surface area (Å²) >= 11 is 3.20. The summed E-state index contributed by atoms with van der Waals surface area (Å²) in [4.78, 5) is 29.5. The Balaban J connectivity index is 1.46. The Bertz CT molecular complexity index is 1310. The maximum Gasteiger partial charge on any atom is 0.269 e. The van der Waals surface area contributed by atoms with Crippen LogP contribution in [0.4, 0.5) is 11.4 Å². The van der Waals surface area contributed by atoms with Gasteiger partial charge in [-0.2, -0.15) is 0 Å². The summed E-state index contributed by atoms with van der Waals surface area (Å²) in [6.45, 7) is 0. The van der Waals surface area contributed by atoms with Gasteiger partial charge in [0.25, 0.3) is 5.91 Å². The van der Waals surface area contributed by atoms with Crippen LogP contribution in [0.1, 0.15) is 32.1 Å². The van der Waals surface area contributed by atoms with Crippen molar-refractivity contribution in [1.29, 1.82) is 0 Å². The number of amides is 1. The fourth-order valence-electron chi connectivity index (χ4n) is 4.84. The molecule has 2 aromatic carbocycles. The number of nitrogens with zero attached hydrogens (tertiary/aromatic N) is 4. The monoisotopic (exact) mass is 472 g/mol. The molecule has 2 aliphatic heterocycles. The van der Waals surface area contributed by atoms with Crippen LogP contribution in [0.25, 0.3) is 10.9 Å². The molecule has 5 nitrogen and oxygen atoms in total. The molecule has 0 radical (unpaired) electrons. The SMILES string of the molecule is CN1C(=C2SC(=Nc3cccc4ncccc34)N(C3CCCCC3)C2=O)Sc2ccccc21. The van der Waals surface area contributed by atoms with Crippen LogP contribution in [0.3, 0.4) is 0 Å². The van der Waals surface area contributed by atoms with Gasteiger partial charge < -0.3 is 4.90 Å². The number of rotatable bonds is 2. The molecule has 1 saturated heterocycles. The number of anilines is 1. The molecule has 0 atom stereocenters. The first-order chi connectivity index (χ1) is 16.2. The summed E-state index contributed by atoms with van der Waals surface area (Å²) in [5.74, 6) is 0.0890. The molecule has 3 aromatic rings. The van der Waals surface area contributed by atoms with Gasteiger partial charge in [-0.3, -0.25) is 14.7 Å². The molecule has 0 N–H and O–H groups in total. The lowest BCUT2D eigenvalue weighted by Gasteiger charge is -2.30. The standard InChI is InChI=1S/C26H24N4OS2/c1-29-21-14-5-6-15-22(21)32-25(29)23-24(31)30(17-9-3-2-4-10-17)26(33-23)28-20-13-7-12-19-18(20)11-8-16-27-19/h5-8,11-17H,2-4,9-10H2,1H3. The molecule has 6 rings (SSSR count). The molecule has 3 heterocycles. The van der Waals surface area contributed by atoms with Crippen LogP contribution in [0.5, 0.6) is 0 Å². The minimum Gasteiger partial charge on any atom is -0.337 e. The van der Waals surface area contributed by atoms with E-state index in [0.29, 0.717) is 0 Å². The number of benzene rings is 2. The summed E-state index contributed by atoms with van der Waals surface area (Å²) < 4.78 is 0. The van der Waals surface area contributed by atoms with E-state index in [4.69, 9.17) is 4.99 Å². The number of aliphatic imine (C=N–C) groups is 1. The third-order valence-corrected chi connectivity index (χ3v) is 8.93. The van der Waals surface area contributed by atoms with Crippen molar-refractivity contribution < 1.29 is 4.79 Å². The van der Waals surface area contributed by atoms with Gasteiger partial charge in [0, 0.05) is 29.6 Å². The summed E-state index contributed by atoms with van der Waals surface area (Å²) in [6, 6.07) is 18.5. The second-order valence-electron chi connectivity index (χ2n) is 8.57. The van der Waals surface area contributed by atoms with Gasteiger partial charge in [-0.1, -0.05) is 49.2 Å². The lowest BCUT2D eigenvalue weighted by atomic mass is 9.94. The zero-order valence-corrected chi connectivity index (χ0v) is 20.0. The van der Waals surface area contributed by atoms with Gasteiger partial charge in [0.15, 0.2) is 5.17 Å². The summed E-state index contributed by atoms with van der Waals surface area (Å²) in [6.07, 6.45) is 7.44. The Morgan fingerprint density at radius 1 is 0.970 bits per heavy atom.